The second-order valence-electron chi connectivity index (χ2n) is 2.46. The molecule has 1 aliphatic heterocycles. The van der Waals surface area contributed by atoms with Gasteiger partial charge in [-0.15, -0.1) is 0 Å². The number of carbonyl (C=O) groups is 1. The number of nitrogens with zero attached hydrogens (tertiary/aromatic N) is 1. The first-order chi connectivity index (χ1) is 4.85. The average Bonchev–Trinajstić information content (AvgIpc) is 1.85. The first-order valence-corrected chi connectivity index (χ1v) is 4.57. The van der Waals surface area contributed by atoms with Gasteiger partial charge in [0.25, 0.3) is 5.91 Å². The van der Waals surface area contributed by atoms with Crippen LogP contribution in [-0.2, 0) is 9.36 Å². The maximum Gasteiger partial charge on any atom is 0.432 e. The highest BCUT2D eigenvalue weighted by Crippen LogP contribution is 2.46. The van der Waals surface area contributed by atoms with Crippen LogP contribution in [0.1, 0.15) is 6.92 Å². The summed E-state index contributed by atoms with van der Waals surface area (Å²) in [5.41, 5.74) is 5.22. The van der Waals surface area contributed by atoms with Crippen LogP contribution in [0.3, 0.4) is 0 Å². The molecule has 1 unspecified atom stereocenters. The predicted molar refractivity (Wildman–Crippen MR) is 36.3 cm³/mol. The minimum absolute atomic E-state index is 0.498. The van der Waals surface area contributed by atoms with Crippen molar-refractivity contribution in [3.63, 3.8) is 0 Å². The molecule has 1 fully saturated rings. The molecular formula is C4H9N2O4P. The Morgan fingerprint density at radius 3 is 2.27 bits per heavy atom. The Hall–Kier alpha value is -0.420. The van der Waals surface area contributed by atoms with Crippen molar-refractivity contribution in [3.05, 3.63) is 0 Å². The Balaban J connectivity index is 2.79. The predicted octanol–water partition coefficient (Wildman–Crippen LogP) is -1.36. The number of amides is 1. The molecule has 2 atom stereocenters. The maximum atomic E-state index is 10.7. The topological polar surface area (TPSA) is 104 Å². The van der Waals surface area contributed by atoms with Crippen molar-refractivity contribution in [1.29, 1.82) is 0 Å². The van der Waals surface area contributed by atoms with Crippen LogP contribution in [0, 0.1) is 0 Å². The van der Waals surface area contributed by atoms with Crippen molar-refractivity contribution < 1.29 is 19.1 Å². The summed E-state index contributed by atoms with van der Waals surface area (Å²) in [6, 6.07) is -1.33. The van der Waals surface area contributed by atoms with Gasteiger partial charge in [-0.25, -0.2) is 9.24 Å². The first kappa shape index (κ1) is 8.67. The van der Waals surface area contributed by atoms with E-state index in [4.69, 9.17) is 15.5 Å². The van der Waals surface area contributed by atoms with Gasteiger partial charge in [-0.1, -0.05) is 0 Å². The summed E-state index contributed by atoms with van der Waals surface area (Å²) in [6.45, 7) is 1.49. The minimum atomic E-state index is -4.42. The van der Waals surface area contributed by atoms with Gasteiger partial charge in [-0.3, -0.25) is 4.79 Å². The fraction of sp³-hybridized carbons (Fsp3) is 0.750. The summed E-state index contributed by atoms with van der Waals surface area (Å²) in [5.74, 6) is -0.689. The summed E-state index contributed by atoms with van der Waals surface area (Å²) in [7, 11) is -4.42. The van der Waals surface area contributed by atoms with Gasteiger partial charge in [-0.05, 0) is 6.92 Å². The molecule has 1 heterocycles. The number of rotatable bonds is 1. The lowest BCUT2D eigenvalue weighted by molar-refractivity contribution is -0.141. The van der Waals surface area contributed by atoms with Crippen LogP contribution >= 0.6 is 7.75 Å². The third-order valence-electron chi connectivity index (χ3n) is 1.70. The smallest absolute Gasteiger partial charge is 0.318 e. The second kappa shape index (κ2) is 2.28. The Bertz CT molecular complexity index is 236. The Kier molecular flexibility index (Phi) is 1.80. The number of hydrogen-bond donors (Lipinski definition) is 3. The highest BCUT2D eigenvalue weighted by Gasteiger charge is 2.50. The number of hydrogen-bond acceptors (Lipinski definition) is 3. The summed E-state index contributed by atoms with van der Waals surface area (Å²) in [5, 5.41) is 0. The number of β-lactam (4-membered cyclic amide) rings is 1. The SMILES string of the molecule is CC1[C@H](N)C(=O)N1P(=O)(O)O. The summed E-state index contributed by atoms with van der Waals surface area (Å²) in [4.78, 5) is 27.8. The van der Waals surface area contributed by atoms with Crippen LogP contribution in [0.5, 0.6) is 0 Å². The molecule has 1 amide bonds. The number of carbonyl (C=O) groups excluding carboxylic acids is 1. The lowest BCUT2D eigenvalue weighted by Crippen LogP contribution is -2.65. The molecule has 1 saturated heterocycles. The molecular weight excluding hydrogens is 171 g/mol. The molecule has 0 radical (unpaired) electrons. The van der Waals surface area contributed by atoms with E-state index in [1.807, 2.05) is 0 Å². The van der Waals surface area contributed by atoms with Gasteiger partial charge in [0.15, 0.2) is 0 Å². The fourth-order valence-electron chi connectivity index (χ4n) is 0.995. The van der Waals surface area contributed by atoms with Gasteiger partial charge in [0.2, 0.25) is 0 Å². The van der Waals surface area contributed by atoms with Crippen molar-refractivity contribution in [1.82, 2.24) is 4.67 Å². The third kappa shape index (κ3) is 1.18. The molecule has 0 saturated carbocycles. The molecule has 1 aliphatic rings. The van der Waals surface area contributed by atoms with E-state index < -0.39 is 25.7 Å². The van der Waals surface area contributed by atoms with E-state index in [0.717, 1.165) is 0 Å². The zero-order valence-electron chi connectivity index (χ0n) is 5.84. The molecule has 4 N–H and O–H groups in total. The minimum Gasteiger partial charge on any atom is -0.318 e. The quantitative estimate of drug-likeness (QED) is 0.341. The fourth-order valence-corrected chi connectivity index (χ4v) is 2.00. The van der Waals surface area contributed by atoms with Gasteiger partial charge >= 0.3 is 7.75 Å². The van der Waals surface area contributed by atoms with Crippen molar-refractivity contribution in [2.24, 2.45) is 5.73 Å². The van der Waals surface area contributed by atoms with Crippen molar-refractivity contribution in [2.75, 3.05) is 0 Å². The maximum absolute atomic E-state index is 10.7. The number of nitrogens with two attached hydrogens (primary N) is 1. The van der Waals surface area contributed by atoms with Crippen molar-refractivity contribution >= 4 is 13.7 Å². The second-order valence-corrected chi connectivity index (χ2v) is 3.92. The zero-order chi connectivity index (χ0) is 8.81. The monoisotopic (exact) mass is 180 g/mol. The molecule has 64 valence electrons. The summed E-state index contributed by atoms with van der Waals surface area (Å²) < 4.78 is 11.0. The van der Waals surface area contributed by atoms with Crippen LogP contribution in [0.4, 0.5) is 0 Å². The van der Waals surface area contributed by atoms with E-state index in [-0.39, 0.29) is 0 Å². The van der Waals surface area contributed by atoms with Gasteiger partial charge in [0.05, 0.1) is 6.04 Å². The largest absolute Gasteiger partial charge is 0.432 e. The summed E-state index contributed by atoms with van der Waals surface area (Å²) in [6.07, 6.45) is 0. The Morgan fingerprint density at radius 1 is 1.64 bits per heavy atom. The molecule has 0 aliphatic carbocycles. The standard InChI is InChI=1S/C4H9N2O4P/c1-2-3(5)4(7)6(2)11(8,9)10/h2-3H,5H2,1H3,(H2,8,9,10)/t2?,3-/m0/s1. The van der Waals surface area contributed by atoms with E-state index in [0.29, 0.717) is 4.67 Å². The highest BCUT2D eigenvalue weighted by atomic mass is 31.2. The van der Waals surface area contributed by atoms with E-state index in [1.54, 1.807) is 0 Å². The molecule has 0 spiro atoms. The molecule has 0 bridgehead atoms. The normalized spacial score (nSPS) is 32.0. The van der Waals surface area contributed by atoms with Crippen LogP contribution in [0.15, 0.2) is 0 Å². The van der Waals surface area contributed by atoms with Crippen molar-refractivity contribution in [3.8, 4) is 0 Å². The highest BCUT2D eigenvalue weighted by molar-refractivity contribution is 7.50. The lowest BCUT2D eigenvalue weighted by atomic mass is 10.0. The van der Waals surface area contributed by atoms with Crippen LogP contribution in [-0.4, -0.2) is 32.4 Å². The van der Waals surface area contributed by atoms with Gasteiger partial charge < -0.3 is 15.5 Å². The Labute approximate surface area is 63.2 Å². The molecule has 7 heteroatoms. The van der Waals surface area contributed by atoms with E-state index in [1.165, 1.54) is 6.92 Å². The molecule has 0 aromatic rings. The Morgan fingerprint density at radius 2 is 2.09 bits per heavy atom. The van der Waals surface area contributed by atoms with Gasteiger partial charge in [-0.2, -0.15) is 0 Å². The van der Waals surface area contributed by atoms with Crippen molar-refractivity contribution in [2.45, 2.75) is 19.0 Å². The molecule has 1 rings (SSSR count). The van der Waals surface area contributed by atoms with Crippen LogP contribution in [0.2, 0.25) is 0 Å². The third-order valence-corrected chi connectivity index (χ3v) is 2.82. The van der Waals surface area contributed by atoms with Crippen LogP contribution in [0.25, 0.3) is 0 Å². The van der Waals surface area contributed by atoms with E-state index in [2.05, 4.69) is 0 Å². The molecule has 0 aromatic heterocycles. The molecule has 11 heavy (non-hydrogen) atoms. The van der Waals surface area contributed by atoms with E-state index in [9.17, 15) is 9.36 Å². The van der Waals surface area contributed by atoms with E-state index >= 15 is 0 Å². The van der Waals surface area contributed by atoms with Gasteiger partial charge in [0, 0.05) is 0 Å². The van der Waals surface area contributed by atoms with Gasteiger partial charge in [0.1, 0.15) is 6.04 Å². The average molecular weight is 180 g/mol. The summed E-state index contributed by atoms with van der Waals surface area (Å²) >= 11 is 0. The lowest BCUT2D eigenvalue weighted by Gasteiger charge is -2.42. The first-order valence-electron chi connectivity index (χ1n) is 3.00. The molecule has 6 nitrogen and oxygen atoms in total. The van der Waals surface area contributed by atoms with Crippen LogP contribution < -0.4 is 5.73 Å². The molecule has 0 aromatic carbocycles. The zero-order valence-corrected chi connectivity index (χ0v) is 6.73.